The summed E-state index contributed by atoms with van der Waals surface area (Å²) in [6.07, 6.45) is 1.84. The number of piperazine rings is 1. The van der Waals surface area contributed by atoms with Crippen LogP contribution in [-0.4, -0.2) is 69.8 Å². The summed E-state index contributed by atoms with van der Waals surface area (Å²) in [7, 11) is 0. The van der Waals surface area contributed by atoms with Crippen molar-refractivity contribution in [3.8, 4) is 0 Å². The molecule has 0 N–H and O–H groups in total. The average Bonchev–Trinajstić information content (AvgIpc) is 2.99. The first-order valence-corrected chi connectivity index (χ1v) is 13.9. The number of fused-ring (bicyclic) bond motifs is 1. The van der Waals surface area contributed by atoms with E-state index in [0.29, 0.717) is 18.7 Å². The minimum atomic E-state index is -0.364. The van der Waals surface area contributed by atoms with Gasteiger partial charge in [0.2, 0.25) is 0 Å². The summed E-state index contributed by atoms with van der Waals surface area (Å²) in [6.45, 7) is 9.61. The molecule has 0 bridgehead atoms. The van der Waals surface area contributed by atoms with E-state index in [-0.39, 0.29) is 35.0 Å². The molecule has 1 unspecified atom stereocenters. The van der Waals surface area contributed by atoms with E-state index in [1.807, 2.05) is 55.3 Å². The molecule has 4 aromatic rings. The molecule has 1 aliphatic heterocycles. The number of rotatable bonds is 9. The molecule has 1 amide bonds. The van der Waals surface area contributed by atoms with Crippen molar-refractivity contribution >= 4 is 34.9 Å². The molecule has 5 rings (SSSR count). The van der Waals surface area contributed by atoms with Crippen molar-refractivity contribution in [2.45, 2.75) is 26.4 Å². The van der Waals surface area contributed by atoms with E-state index in [1.165, 1.54) is 0 Å². The third-order valence-electron chi connectivity index (χ3n) is 7.81. The zero-order valence-corrected chi connectivity index (χ0v) is 24.3. The number of amides is 1. The third-order valence-corrected chi connectivity index (χ3v) is 7.81. The van der Waals surface area contributed by atoms with Gasteiger partial charge in [-0.1, -0.05) is 48.5 Å². The predicted octanol–water partition coefficient (Wildman–Crippen LogP) is 5.95. The van der Waals surface area contributed by atoms with Gasteiger partial charge in [-0.25, -0.2) is 0 Å². The van der Waals surface area contributed by atoms with E-state index < -0.39 is 0 Å². The van der Waals surface area contributed by atoms with Gasteiger partial charge in [0.15, 0.2) is 0 Å². The minimum absolute atomic E-state index is 0. The SMILES string of the molecule is CCN(CC)C(=O)c1ccc(C(c2cccc3cccnc23)N2CCN(Cc3ccc([N+](=O)[O-])cc3)CC2)cc1.Cl. The largest absolute Gasteiger partial charge is 0.339 e. The number of benzene rings is 3. The van der Waals surface area contributed by atoms with E-state index in [0.717, 1.165) is 60.3 Å². The Hall–Kier alpha value is -3.85. The van der Waals surface area contributed by atoms with Crippen LogP contribution >= 0.6 is 12.4 Å². The molecule has 9 heteroatoms. The molecule has 0 aliphatic carbocycles. The lowest BCUT2D eigenvalue weighted by molar-refractivity contribution is -0.384. The van der Waals surface area contributed by atoms with Gasteiger partial charge in [-0.3, -0.25) is 29.7 Å². The van der Waals surface area contributed by atoms with E-state index in [1.54, 1.807) is 12.1 Å². The summed E-state index contributed by atoms with van der Waals surface area (Å²) in [6, 6.07) is 25.3. The number of non-ortho nitro benzene ring substituents is 1. The van der Waals surface area contributed by atoms with Gasteiger partial charge in [-0.05, 0) is 43.2 Å². The Kier molecular flexibility index (Phi) is 10.0. The first-order chi connectivity index (χ1) is 19.5. The molecule has 0 spiro atoms. The van der Waals surface area contributed by atoms with Crippen molar-refractivity contribution in [1.82, 2.24) is 19.7 Å². The topological polar surface area (TPSA) is 82.8 Å². The molecule has 3 aromatic carbocycles. The van der Waals surface area contributed by atoms with Gasteiger partial charge in [0, 0.05) is 80.7 Å². The van der Waals surface area contributed by atoms with E-state index in [2.05, 4.69) is 46.2 Å². The molecule has 0 saturated carbocycles. The first-order valence-electron chi connectivity index (χ1n) is 13.9. The molecule has 1 saturated heterocycles. The second-order valence-electron chi connectivity index (χ2n) is 10.2. The Morgan fingerprint density at radius 1 is 0.927 bits per heavy atom. The fraction of sp³-hybridized carbons (Fsp3) is 0.312. The van der Waals surface area contributed by atoms with Gasteiger partial charge < -0.3 is 4.90 Å². The number of nitrogens with zero attached hydrogens (tertiary/aromatic N) is 5. The lowest BCUT2D eigenvalue weighted by Gasteiger charge is -2.40. The van der Waals surface area contributed by atoms with Gasteiger partial charge in [0.25, 0.3) is 11.6 Å². The van der Waals surface area contributed by atoms with Crippen molar-refractivity contribution < 1.29 is 9.72 Å². The highest BCUT2D eigenvalue weighted by atomic mass is 35.5. The minimum Gasteiger partial charge on any atom is -0.339 e. The van der Waals surface area contributed by atoms with E-state index in [9.17, 15) is 14.9 Å². The normalized spacial score (nSPS) is 14.8. The van der Waals surface area contributed by atoms with Gasteiger partial charge in [-0.15, -0.1) is 12.4 Å². The van der Waals surface area contributed by atoms with Crippen LogP contribution in [0, 0.1) is 10.1 Å². The number of nitro groups is 1. The molecule has 1 atom stereocenters. The Balaban J connectivity index is 0.00000387. The number of hydrogen-bond donors (Lipinski definition) is 0. The van der Waals surface area contributed by atoms with E-state index in [4.69, 9.17) is 4.98 Å². The summed E-state index contributed by atoms with van der Waals surface area (Å²) < 4.78 is 0. The maximum atomic E-state index is 12.9. The number of hydrogen-bond acceptors (Lipinski definition) is 6. The number of nitro benzene ring substituents is 1. The van der Waals surface area contributed by atoms with Crippen LogP contribution in [0.4, 0.5) is 5.69 Å². The predicted molar refractivity (Wildman–Crippen MR) is 164 cm³/mol. The van der Waals surface area contributed by atoms with Gasteiger partial charge in [0.1, 0.15) is 0 Å². The molecular weight excluding hydrogens is 538 g/mol. The van der Waals surface area contributed by atoms with Gasteiger partial charge in [-0.2, -0.15) is 0 Å². The van der Waals surface area contributed by atoms with Crippen LogP contribution < -0.4 is 0 Å². The Morgan fingerprint density at radius 3 is 2.22 bits per heavy atom. The van der Waals surface area contributed by atoms with Crippen LogP contribution in [-0.2, 0) is 6.54 Å². The smallest absolute Gasteiger partial charge is 0.269 e. The first kappa shape index (κ1) is 30.1. The number of para-hydroxylation sites is 1. The highest BCUT2D eigenvalue weighted by molar-refractivity contribution is 5.94. The molecule has 2 heterocycles. The van der Waals surface area contributed by atoms with E-state index >= 15 is 0 Å². The average molecular weight is 574 g/mol. The number of aromatic nitrogens is 1. The third kappa shape index (κ3) is 6.73. The summed E-state index contributed by atoms with van der Waals surface area (Å²) in [5.41, 5.74) is 5.18. The second-order valence-corrected chi connectivity index (χ2v) is 10.2. The highest BCUT2D eigenvalue weighted by Crippen LogP contribution is 2.34. The van der Waals surface area contributed by atoms with Crippen molar-refractivity contribution in [3.05, 3.63) is 117 Å². The summed E-state index contributed by atoms with van der Waals surface area (Å²) in [4.78, 5) is 35.1. The summed E-state index contributed by atoms with van der Waals surface area (Å²) in [5, 5.41) is 12.1. The molecular formula is C32H36ClN5O3. The zero-order valence-electron chi connectivity index (χ0n) is 23.5. The van der Waals surface area contributed by atoms with Crippen LogP contribution in [0.15, 0.2) is 85.1 Å². The number of pyridine rings is 1. The van der Waals surface area contributed by atoms with Gasteiger partial charge in [0.05, 0.1) is 16.5 Å². The molecule has 214 valence electrons. The molecule has 0 radical (unpaired) electrons. The van der Waals surface area contributed by atoms with Crippen LogP contribution in [0.5, 0.6) is 0 Å². The number of halogens is 1. The van der Waals surface area contributed by atoms with Gasteiger partial charge >= 0.3 is 0 Å². The summed E-state index contributed by atoms with van der Waals surface area (Å²) in [5.74, 6) is 0.0554. The monoisotopic (exact) mass is 573 g/mol. The van der Waals surface area contributed by atoms with Crippen molar-refractivity contribution in [2.24, 2.45) is 0 Å². The quantitative estimate of drug-likeness (QED) is 0.182. The molecule has 1 fully saturated rings. The highest BCUT2D eigenvalue weighted by Gasteiger charge is 2.28. The fourth-order valence-electron chi connectivity index (χ4n) is 5.60. The maximum absolute atomic E-state index is 12.9. The Labute approximate surface area is 247 Å². The second kappa shape index (κ2) is 13.7. The summed E-state index contributed by atoms with van der Waals surface area (Å²) >= 11 is 0. The number of carbonyl (C=O) groups is 1. The van der Waals surface area contributed by atoms with Crippen molar-refractivity contribution in [1.29, 1.82) is 0 Å². The van der Waals surface area contributed by atoms with Crippen LogP contribution in [0.1, 0.15) is 46.9 Å². The van der Waals surface area contributed by atoms with Crippen LogP contribution in [0.2, 0.25) is 0 Å². The number of carbonyl (C=O) groups excluding carboxylic acids is 1. The maximum Gasteiger partial charge on any atom is 0.269 e. The Morgan fingerprint density at radius 2 is 1.59 bits per heavy atom. The van der Waals surface area contributed by atoms with Crippen molar-refractivity contribution in [3.63, 3.8) is 0 Å². The zero-order chi connectivity index (χ0) is 28.1. The lowest BCUT2D eigenvalue weighted by atomic mass is 9.93. The standard InChI is InChI=1S/C32H35N5O3.ClH/c1-3-35(4-2)32(38)27-14-12-26(13-15-27)31(29-9-5-7-25-8-6-18-33-30(25)29)36-21-19-34(20-22-36)23-24-10-16-28(17-11-24)37(39)40;/h5-18,31H,3-4,19-23H2,1-2H3;1H. The van der Waals surface area contributed by atoms with Crippen LogP contribution in [0.3, 0.4) is 0 Å². The molecule has 8 nitrogen and oxygen atoms in total. The molecule has 1 aromatic heterocycles. The van der Waals surface area contributed by atoms with Crippen LogP contribution in [0.25, 0.3) is 10.9 Å². The lowest BCUT2D eigenvalue weighted by Crippen LogP contribution is -2.47. The molecule has 41 heavy (non-hydrogen) atoms. The van der Waals surface area contributed by atoms with Crippen molar-refractivity contribution in [2.75, 3.05) is 39.3 Å². The Bertz CT molecular complexity index is 1460. The fourth-order valence-corrected chi connectivity index (χ4v) is 5.60. The molecule has 1 aliphatic rings.